The molecule has 1 aliphatic carbocycles. The molecule has 2 atom stereocenters. The number of amidine groups is 1. The highest BCUT2D eigenvalue weighted by Gasteiger charge is 2.18. The molecule has 1 fully saturated rings. The zero-order valence-corrected chi connectivity index (χ0v) is 12.2. The third kappa shape index (κ3) is 4.16. The summed E-state index contributed by atoms with van der Waals surface area (Å²) in [5, 5.41) is 3.37. The number of rotatable bonds is 3. The number of hydrogen-bond acceptors (Lipinski definition) is 3. The Morgan fingerprint density at radius 3 is 2.74 bits per heavy atom. The first-order chi connectivity index (χ1) is 9.31. The molecule has 1 saturated heterocycles. The van der Waals surface area contributed by atoms with Crippen molar-refractivity contribution < 1.29 is 0 Å². The van der Waals surface area contributed by atoms with E-state index in [9.17, 15) is 0 Å². The molecule has 0 spiro atoms. The lowest BCUT2D eigenvalue weighted by molar-refractivity contribution is 0.360. The molecule has 0 aromatic rings. The van der Waals surface area contributed by atoms with E-state index in [0.29, 0.717) is 12.0 Å². The summed E-state index contributed by atoms with van der Waals surface area (Å²) in [6, 6.07) is 0.426. The summed E-state index contributed by atoms with van der Waals surface area (Å²) in [5.41, 5.74) is 0. The van der Waals surface area contributed by atoms with E-state index in [1.54, 1.807) is 0 Å². The number of allylic oxidation sites excluding steroid dienone is 1. The molecular weight excluding hydrogens is 236 g/mol. The van der Waals surface area contributed by atoms with Crippen LogP contribution in [0.2, 0.25) is 0 Å². The van der Waals surface area contributed by atoms with Crippen LogP contribution in [0.5, 0.6) is 0 Å². The van der Waals surface area contributed by atoms with Gasteiger partial charge in [0.15, 0.2) is 0 Å². The fraction of sp³-hybridized carbons (Fsp3) is 0.733. The van der Waals surface area contributed by atoms with Crippen LogP contribution in [0.3, 0.4) is 0 Å². The topological polar surface area (TPSA) is 40.0 Å². The highest BCUT2D eigenvalue weighted by Crippen LogP contribution is 2.20. The second kappa shape index (κ2) is 7.43. The van der Waals surface area contributed by atoms with Gasteiger partial charge in [-0.25, -0.2) is 0 Å². The van der Waals surface area contributed by atoms with Crippen LogP contribution < -0.4 is 5.32 Å². The maximum Gasteiger partial charge on any atom is 0.141 e. The molecule has 106 valence electrons. The predicted molar refractivity (Wildman–Crippen MR) is 82.2 cm³/mol. The van der Waals surface area contributed by atoms with Gasteiger partial charge in [0.1, 0.15) is 5.84 Å². The Morgan fingerprint density at radius 2 is 2.05 bits per heavy atom. The molecule has 4 nitrogen and oxygen atoms in total. The molecule has 1 unspecified atom stereocenters. The number of hydrogen-bond donors (Lipinski definition) is 1. The minimum Gasteiger partial charge on any atom is -0.353 e. The molecule has 1 aliphatic heterocycles. The normalized spacial score (nSPS) is 29.2. The number of nitrogens with one attached hydrogen (secondary N) is 1. The van der Waals surface area contributed by atoms with E-state index < -0.39 is 0 Å². The van der Waals surface area contributed by atoms with E-state index in [1.807, 2.05) is 6.21 Å². The van der Waals surface area contributed by atoms with Gasteiger partial charge in [-0.05, 0) is 25.7 Å². The fourth-order valence-corrected chi connectivity index (χ4v) is 2.58. The standard InChI is InChI=1S/C15H26N4/c1-3-17-15(19-10-8-16-9-11-19)12-18-14-7-5-4-6-13(14)2/h4-5,12-14,16H,3,6-11H2,1-2H3/b17-15+,18-12?/t13-,14?/m1/s1. The highest BCUT2D eigenvalue weighted by atomic mass is 15.2. The fourth-order valence-electron chi connectivity index (χ4n) is 2.58. The molecule has 0 bridgehead atoms. The van der Waals surface area contributed by atoms with Crippen molar-refractivity contribution in [3.8, 4) is 0 Å². The number of aliphatic imine (C=N–C) groups is 2. The minimum atomic E-state index is 0.426. The predicted octanol–water partition coefficient (Wildman–Crippen LogP) is 1.74. The quantitative estimate of drug-likeness (QED) is 0.478. The molecule has 1 N–H and O–H groups in total. The molecule has 0 saturated carbocycles. The van der Waals surface area contributed by atoms with Gasteiger partial charge in [-0.15, -0.1) is 0 Å². The third-order valence-electron chi connectivity index (χ3n) is 3.85. The summed E-state index contributed by atoms with van der Waals surface area (Å²) >= 11 is 0. The summed E-state index contributed by atoms with van der Waals surface area (Å²) < 4.78 is 0. The van der Waals surface area contributed by atoms with Gasteiger partial charge < -0.3 is 10.2 Å². The molecule has 0 radical (unpaired) electrons. The molecule has 2 aliphatic rings. The molecule has 0 aromatic heterocycles. The maximum atomic E-state index is 4.79. The molecule has 4 heteroatoms. The van der Waals surface area contributed by atoms with Crippen LogP contribution in [0.25, 0.3) is 0 Å². The van der Waals surface area contributed by atoms with Crippen LogP contribution in [0.4, 0.5) is 0 Å². The monoisotopic (exact) mass is 262 g/mol. The molecule has 19 heavy (non-hydrogen) atoms. The van der Waals surface area contributed by atoms with Crippen molar-refractivity contribution in [2.75, 3.05) is 32.7 Å². The van der Waals surface area contributed by atoms with E-state index in [1.165, 1.54) is 0 Å². The van der Waals surface area contributed by atoms with Crippen molar-refractivity contribution in [1.82, 2.24) is 10.2 Å². The van der Waals surface area contributed by atoms with Gasteiger partial charge in [-0.3, -0.25) is 9.98 Å². The lowest BCUT2D eigenvalue weighted by atomic mass is 9.91. The van der Waals surface area contributed by atoms with Crippen LogP contribution in [0, 0.1) is 5.92 Å². The first-order valence-corrected chi connectivity index (χ1v) is 7.49. The van der Waals surface area contributed by atoms with Gasteiger partial charge in [-0.1, -0.05) is 19.1 Å². The van der Waals surface area contributed by atoms with Crippen LogP contribution in [-0.4, -0.2) is 55.7 Å². The first kappa shape index (κ1) is 14.3. The Bertz CT molecular complexity index is 353. The summed E-state index contributed by atoms with van der Waals surface area (Å²) in [5.74, 6) is 1.71. The second-order valence-electron chi connectivity index (χ2n) is 5.34. The second-order valence-corrected chi connectivity index (χ2v) is 5.34. The van der Waals surface area contributed by atoms with Crippen LogP contribution in [-0.2, 0) is 0 Å². The van der Waals surface area contributed by atoms with Crippen molar-refractivity contribution in [1.29, 1.82) is 0 Å². The van der Waals surface area contributed by atoms with E-state index >= 15 is 0 Å². The van der Waals surface area contributed by atoms with Gasteiger partial charge in [-0.2, -0.15) is 0 Å². The average Bonchev–Trinajstić information content (AvgIpc) is 2.46. The highest BCUT2D eigenvalue weighted by molar-refractivity contribution is 6.29. The Labute approximate surface area is 116 Å². The Morgan fingerprint density at radius 1 is 1.32 bits per heavy atom. The van der Waals surface area contributed by atoms with Crippen LogP contribution >= 0.6 is 0 Å². The molecule has 0 amide bonds. The molecule has 0 aromatic carbocycles. The Balaban J connectivity index is 1.99. The average molecular weight is 262 g/mol. The Kier molecular flexibility index (Phi) is 5.58. The zero-order valence-electron chi connectivity index (χ0n) is 12.2. The van der Waals surface area contributed by atoms with Crippen molar-refractivity contribution in [2.45, 2.75) is 32.7 Å². The van der Waals surface area contributed by atoms with E-state index in [2.05, 4.69) is 41.2 Å². The van der Waals surface area contributed by atoms with Crippen molar-refractivity contribution in [3.05, 3.63) is 12.2 Å². The minimum absolute atomic E-state index is 0.426. The summed E-state index contributed by atoms with van der Waals surface area (Å²) in [6.07, 6.45) is 8.75. The largest absolute Gasteiger partial charge is 0.353 e. The molecular formula is C15H26N4. The van der Waals surface area contributed by atoms with Crippen LogP contribution in [0.15, 0.2) is 22.1 Å². The SMILES string of the molecule is CC/N=C(\C=NC1CC=CC[C@H]1C)N1CCNCC1. The van der Waals surface area contributed by atoms with Crippen LogP contribution in [0.1, 0.15) is 26.7 Å². The van der Waals surface area contributed by atoms with Gasteiger partial charge in [0.05, 0.1) is 12.3 Å². The summed E-state index contributed by atoms with van der Waals surface area (Å²) in [6.45, 7) is 9.34. The van der Waals surface area contributed by atoms with Crippen molar-refractivity contribution >= 4 is 12.1 Å². The van der Waals surface area contributed by atoms with E-state index in [-0.39, 0.29) is 0 Å². The number of nitrogens with zero attached hydrogens (tertiary/aromatic N) is 3. The zero-order chi connectivity index (χ0) is 13.5. The van der Waals surface area contributed by atoms with E-state index in [4.69, 9.17) is 4.99 Å². The molecule has 2 rings (SSSR count). The van der Waals surface area contributed by atoms with Gasteiger partial charge in [0.2, 0.25) is 0 Å². The molecule has 1 heterocycles. The lowest BCUT2D eigenvalue weighted by Crippen LogP contribution is -2.47. The summed E-state index contributed by atoms with van der Waals surface area (Å²) in [4.78, 5) is 11.7. The van der Waals surface area contributed by atoms with Gasteiger partial charge in [0, 0.05) is 32.7 Å². The maximum absolute atomic E-state index is 4.79. The van der Waals surface area contributed by atoms with E-state index in [0.717, 1.165) is 51.4 Å². The number of piperazine rings is 1. The van der Waals surface area contributed by atoms with Crippen molar-refractivity contribution in [3.63, 3.8) is 0 Å². The van der Waals surface area contributed by atoms with Gasteiger partial charge in [0.25, 0.3) is 0 Å². The first-order valence-electron chi connectivity index (χ1n) is 7.49. The van der Waals surface area contributed by atoms with Crippen molar-refractivity contribution in [2.24, 2.45) is 15.9 Å². The summed E-state index contributed by atoms with van der Waals surface area (Å²) in [7, 11) is 0. The van der Waals surface area contributed by atoms with Gasteiger partial charge >= 0.3 is 0 Å². The third-order valence-corrected chi connectivity index (χ3v) is 3.85. The Hall–Kier alpha value is -1.16. The lowest BCUT2D eigenvalue weighted by Gasteiger charge is -2.29. The smallest absolute Gasteiger partial charge is 0.141 e.